The second kappa shape index (κ2) is 8.01. The Labute approximate surface area is 146 Å². The van der Waals surface area contributed by atoms with Gasteiger partial charge in [-0.05, 0) is 40.2 Å². The molecule has 2 aromatic rings. The fraction of sp³-hybridized carbons (Fsp3) is 0.176. The van der Waals surface area contributed by atoms with E-state index in [1.165, 1.54) is 24.1 Å². The predicted octanol–water partition coefficient (Wildman–Crippen LogP) is 3.54. The van der Waals surface area contributed by atoms with Gasteiger partial charge in [0.15, 0.2) is 6.61 Å². The van der Waals surface area contributed by atoms with Crippen LogP contribution in [0.15, 0.2) is 46.9 Å². The summed E-state index contributed by atoms with van der Waals surface area (Å²) < 4.78 is 31.7. The van der Waals surface area contributed by atoms with Crippen LogP contribution in [0, 0.1) is 11.6 Å². The number of esters is 1. The Bertz CT molecular complexity index is 767. The molecule has 24 heavy (non-hydrogen) atoms. The van der Waals surface area contributed by atoms with Crippen LogP contribution in [0.1, 0.15) is 15.9 Å². The summed E-state index contributed by atoms with van der Waals surface area (Å²) in [5.74, 6) is -2.15. The first-order chi connectivity index (χ1) is 11.4. The first-order valence-corrected chi connectivity index (χ1v) is 7.77. The van der Waals surface area contributed by atoms with Crippen LogP contribution in [0.4, 0.5) is 8.78 Å². The van der Waals surface area contributed by atoms with Gasteiger partial charge in [0.2, 0.25) is 0 Å². The minimum atomic E-state index is -0.755. The summed E-state index contributed by atoms with van der Waals surface area (Å²) in [6, 6.07) is 9.61. The Morgan fingerprint density at radius 3 is 2.54 bits per heavy atom. The lowest BCUT2D eigenvalue weighted by Gasteiger charge is -2.17. The van der Waals surface area contributed by atoms with Crippen molar-refractivity contribution in [2.75, 3.05) is 13.7 Å². The number of likely N-dealkylation sites (N-methyl/N-ethyl adjacent to an activating group) is 1. The van der Waals surface area contributed by atoms with E-state index in [0.29, 0.717) is 5.56 Å². The zero-order chi connectivity index (χ0) is 17.7. The third-order valence-corrected chi connectivity index (χ3v) is 3.92. The Morgan fingerprint density at radius 1 is 1.17 bits per heavy atom. The number of ether oxygens (including phenoxy) is 1. The first-order valence-electron chi connectivity index (χ1n) is 6.98. The van der Waals surface area contributed by atoms with E-state index in [9.17, 15) is 18.4 Å². The number of amides is 1. The maximum absolute atomic E-state index is 13.6. The molecule has 7 heteroatoms. The summed E-state index contributed by atoms with van der Waals surface area (Å²) in [6.45, 7) is -0.434. The molecule has 0 aliphatic heterocycles. The van der Waals surface area contributed by atoms with Gasteiger partial charge in [-0.1, -0.05) is 18.2 Å². The number of carbonyl (C=O) groups excluding carboxylic acids is 2. The van der Waals surface area contributed by atoms with Crippen molar-refractivity contribution in [1.29, 1.82) is 0 Å². The fourth-order valence-corrected chi connectivity index (χ4v) is 2.45. The second-order valence-corrected chi connectivity index (χ2v) is 5.90. The van der Waals surface area contributed by atoms with E-state index in [1.807, 2.05) is 0 Å². The summed E-state index contributed by atoms with van der Waals surface area (Å²) in [7, 11) is 1.48. The van der Waals surface area contributed by atoms with E-state index < -0.39 is 30.1 Å². The van der Waals surface area contributed by atoms with Gasteiger partial charge in [-0.2, -0.15) is 0 Å². The maximum Gasteiger partial charge on any atom is 0.339 e. The number of carbonyl (C=O) groups is 2. The molecule has 0 bridgehead atoms. The van der Waals surface area contributed by atoms with Crippen molar-refractivity contribution in [3.63, 3.8) is 0 Å². The number of hydrogen-bond acceptors (Lipinski definition) is 3. The normalized spacial score (nSPS) is 10.3. The van der Waals surface area contributed by atoms with Crippen molar-refractivity contribution < 1.29 is 23.1 Å². The van der Waals surface area contributed by atoms with E-state index in [4.69, 9.17) is 4.74 Å². The summed E-state index contributed by atoms with van der Waals surface area (Å²) in [4.78, 5) is 25.2. The highest BCUT2D eigenvalue weighted by Crippen LogP contribution is 2.19. The van der Waals surface area contributed by atoms with Crippen LogP contribution < -0.4 is 0 Å². The summed E-state index contributed by atoms with van der Waals surface area (Å²) in [6.07, 6.45) is 0. The average Bonchev–Trinajstić information content (AvgIpc) is 2.54. The van der Waals surface area contributed by atoms with E-state index >= 15 is 0 Å². The van der Waals surface area contributed by atoms with Gasteiger partial charge in [-0.15, -0.1) is 0 Å². The molecule has 0 atom stereocenters. The number of hydrogen-bond donors (Lipinski definition) is 0. The monoisotopic (exact) mass is 397 g/mol. The summed E-state index contributed by atoms with van der Waals surface area (Å²) >= 11 is 3.06. The third-order valence-electron chi connectivity index (χ3n) is 3.27. The molecule has 126 valence electrons. The molecule has 0 spiro atoms. The van der Waals surface area contributed by atoms with Gasteiger partial charge >= 0.3 is 5.97 Å². The third kappa shape index (κ3) is 4.61. The molecule has 0 fully saturated rings. The summed E-state index contributed by atoms with van der Waals surface area (Å²) in [5, 5.41) is 0. The Kier molecular flexibility index (Phi) is 6.03. The van der Waals surface area contributed by atoms with Crippen molar-refractivity contribution >= 4 is 27.8 Å². The Morgan fingerprint density at radius 2 is 1.88 bits per heavy atom. The lowest BCUT2D eigenvalue weighted by atomic mass is 10.2. The molecule has 0 unspecified atom stereocenters. The van der Waals surface area contributed by atoms with Gasteiger partial charge in [0, 0.05) is 23.6 Å². The smallest absolute Gasteiger partial charge is 0.339 e. The molecule has 0 aliphatic rings. The largest absolute Gasteiger partial charge is 0.452 e. The lowest BCUT2D eigenvalue weighted by Crippen LogP contribution is -2.31. The van der Waals surface area contributed by atoms with Gasteiger partial charge in [0.25, 0.3) is 5.91 Å². The lowest BCUT2D eigenvalue weighted by molar-refractivity contribution is -0.133. The molecule has 0 N–H and O–H groups in total. The van der Waals surface area contributed by atoms with E-state index in [-0.39, 0.29) is 16.6 Å². The van der Waals surface area contributed by atoms with Gasteiger partial charge in [-0.3, -0.25) is 4.79 Å². The van der Waals surface area contributed by atoms with Crippen LogP contribution in [0.25, 0.3) is 0 Å². The quantitative estimate of drug-likeness (QED) is 0.724. The highest BCUT2D eigenvalue weighted by atomic mass is 79.9. The topological polar surface area (TPSA) is 46.6 Å². The molecular formula is C17H14BrF2NO3. The van der Waals surface area contributed by atoms with Crippen molar-refractivity contribution in [2.24, 2.45) is 0 Å². The van der Waals surface area contributed by atoms with E-state index in [1.54, 1.807) is 18.2 Å². The van der Waals surface area contributed by atoms with Crippen LogP contribution >= 0.6 is 15.9 Å². The van der Waals surface area contributed by atoms with Crippen molar-refractivity contribution in [3.8, 4) is 0 Å². The molecule has 0 aliphatic carbocycles. The molecule has 0 saturated heterocycles. The molecule has 0 aromatic heterocycles. The minimum absolute atomic E-state index is 0.0588. The van der Waals surface area contributed by atoms with E-state index in [2.05, 4.69) is 15.9 Å². The van der Waals surface area contributed by atoms with Gasteiger partial charge in [-0.25, -0.2) is 13.6 Å². The second-order valence-electron chi connectivity index (χ2n) is 5.04. The minimum Gasteiger partial charge on any atom is -0.452 e. The number of rotatable bonds is 5. The highest BCUT2D eigenvalue weighted by molar-refractivity contribution is 9.10. The van der Waals surface area contributed by atoms with Crippen LogP contribution in [0.5, 0.6) is 0 Å². The molecule has 1 amide bonds. The van der Waals surface area contributed by atoms with Crippen molar-refractivity contribution in [1.82, 2.24) is 4.90 Å². The predicted molar refractivity (Wildman–Crippen MR) is 87.3 cm³/mol. The van der Waals surface area contributed by atoms with Gasteiger partial charge in [0.1, 0.15) is 11.6 Å². The zero-order valence-corrected chi connectivity index (χ0v) is 14.3. The van der Waals surface area contributed by atoms with E-state index in [0.717, 1.165) is 12.1 Å². The van der Waals surface area contributed by atoms with Gasteiger partial charge in [0.05, 0.1) is 5.56 Å². The molecule has 0 heterocycles. The molecule has 4 nitrogen and oxygen atoms in total. The Hall–Kier alpha value is -2.28. The summed E-state index contributed by atoms with van der Waals surface area (Å²) in [5.41, 5.74) is 0.474. The molecule has 2 rings (SSSR count). The van der Waals surface area contributed by atoms with Gasteiger partial charge < -0.3 is 9.64 Å². The van der Waals surface area contributed by atoms with Crippen molar-refractivity contribution in [3.05, 3.63) is 69.7 Å². The number of halogens is 3. The van der Waals surface area contributed by atoms with Crippen molar-refractivity contribution in [2.45, 2.75) is 6.54 Å². The molecular weight excluding hydrogens is 384 g/mol. The van der Waals surface area contributed by atoms with Crippen LogP contribution in [-0.4, -0.2) is 30.4 Å². The molecule has 0 saturated carbocycles. The van der Waals surface area contributed by atoms with Crippen LogP contribution in [0.3, 0.4) is 0 Å². The Balaban J connectivity index is 1.92. The molecule has 2 aromatic carbocycles. The molecule has 0 radical (unpaired) electrons. The average molecular weight is 398 g/mol. The number of nitrogens with zero attached hydrogens (tertiary/aromatic N) is 1. The van der Waals surface area contributed by atoms with Crippen LogP contribution in [-0.2, 0) is 16.1 Å². The first kappa shape index (κ1) is 18.1. The highest BCUT2D eigenvalue weighted by Gasteiger charge is 2.17. The maximum atomic E-state index is 13.6. The number of benzene rings is 2. The zero-order valence-electron chi connectivity index (χ0n) is 12.8. The standard InChI is InChI=1S/C17H14BrF2NO3/c1-21(9-11-4-2-3-5-15(11)20)16(22)10-24-17(23)13-7-6-12(19)8-14(13)18/h2-8H,9-10H2,1H3. The SMILES string of the molecule is CN(Cc1ccccc1F)C(=O)COC(=O)c1ccc(F)cc1Br. The fourth-order valence-electron chi connectivity index (χ4n) is 1.94. The van der Waals surface area contributed by atoms with Crippen LogP contribution in [0.2, 0.25) is 0 Å².